The lowest BCUT2D eigenvalue weighted by atomic mass is 10.1. The highest BCUT2D eigenvalue weighted by molar-refractivity contribution is 6.17. The fraction of sp³-hybridized carbons (Fsp3) is 0.250. The Labute approximate surface area is 89.3 Å². The van der Waals surface area contributed by atoms with Gasteiger partial charge in [-0.25, -0.2) is 4.39 Å². The highest BCUT2D eigenvalue weighted by atomic mass is 35.5. The van der Waals surface area contributed by atoms with E-state index in [4.69, 9.17) is 11.6 Å². The molecule has 0 amide bonds. The number of hydrogen-bond donors (Lipinski definition) is 0. The van der Waals surface area contributed by atoms with Crippen molar-refractivity contribution < 1.29 is 17.6 Å². The van der Waals surface area contributed by atoms with Crippen molar-refractivity contribution in [2.45, 2.75) is 12.1 Å². The predicted molar refractivity (Wildman–Crippen MR) is 48.2 cm³/mol. The smallest absolute Gasteiger partial charge is 0.206 e. The van der Waals surface area contributed by atoms with Crippen molar-refractivity contribution in [1.82, 2.24) is 0 Å². The maximum atomic E-state index is 12.6. The largest absolute Gasteiger partial charge is 0.419 e. The summed E-state index contributed by atoms with van der Waals surface area (Å²) >= 11 is 5.31. The Bertz CT molecular complexity index is 309. The summed E-state index contributed by atoms with van der Waals surface area (Å²) in [6.07, 6.45) is -4.66. The SMILES string of the molecule is Cl.Fc1ccc(CCl)cc1C(F)(F)F. The molecule has 1 rings (SSSR count). The van der Waals surface area contributed by atoms with Crippen LogP contribution in [-0.4, -0.2) is 0 Å². The fourth-order valence-electron chi connectivity index (χ4n) is 0.873. The average Bonchev–Trinajstić information content (AvgIpc) is 2.03. The first-order chi connectivity index (χ1) is 5.95. The van der Waals surface area contributed by atoms with Crippen molar-refractivity contribution in [3.8, 4) is 0 Å². The van der Waals surface area contributed by atoms with Crippen molar-refractivity contribution in [3.63, 3.8) is 0 Å². The van der Waals surface area contributed by atoms with Gasteiger partial charge in [0.1, 0.15) is 5.82 Å². The minimum absolute atomic E-state index is 0. The summed E-state index contributed by atoms with van der Waals surface area (Å²) < 4.78 is 48.9. The zero-order valence-corrected chi connectivity index (χ0v) is 8.31. The van der Waals surface area contributed by atoms with Gasteiger partial charge in [-0.3, -0.25) is 0 Å². The first-order valence-corrected chi connectivity index (χ1v) is 3.90. The molecule has 0 aromatic heterocycles. The second kappa shape index (κ2) is 4.84. The number of halogens is 6. The molecule has 0 nitrogen and oxygen atoms in total. The fourth-order valence-corrected chi connectivity index (χ4v) is 1.04. The van der Waals surface area contributed by atoms with E-state index < -0.39 is 17.6 Å². The molecule has 6 heteroatoms. The molecule has 0 fully saturated rings. The monoisotopic (exact) mass is 248 g/mol. The third-order valence-electron chi connectivity index (χ3n) is 1.49. The Morgan fingerprint density at radius 1 is 1.21 bits per heavy atom. The quantitative estimate of drug-likeness (QED) is 0.521. The van der Waals surface area contributed by atoms with E-state index in [0.717, 1.165) is 6.07 Å². The third kappa shape index (κ3) is 3.03. The van der Waals surface area contributed by atoms with Crippen LogP contribution in [0.15, 0.2) is 18.2 Å². The molecule has 80 valence electrons. The lowest BCUT2D eigenvalue weighted by molar-refractivity contribution is -0.140. The van der Waals surface area contributed by atoms with Crippen LogP contribution in [0.3, 0.4) is 0 Å². The summed E-state index contributed by atoms with van der Waals surface area (Å²) in [5.74, 6) is -1.34. The second-order valence-corrected chi connectivity index (χ2v) is 2.71. The molecule has 14 heavy (non-hydrogen) atoms. The number of hydrogen-bond acceptors (Lipinski definition) is 0. The van der Waals surface area contributed by atoms with Gasteiger partial charge in [-0.05, 0) is 17.7 Å². The van der Waals surface area contributed by atoms with Crippen molar-refractivity contribution in [1.29, 1.82) is 0 Å². The van der Waals surface area contributed by atoms with E-state index in [9.17, 15) is 17.6 Å². The molecule has 0 spiro atoms. The molecule has 0 heterocycles. The summed E-state index contributed by atoms with van der Waals surface area (Å²) in [5.41, 5.74) is -1.03. The van der Waals surface area contributed by atoms with Crippen LogP contribution in [0, 0.1) is 5.82 Å². The molecule has 0 radical (unpaired) electrons. The van der Waals surface area contributed by atoms with Gasteiger partial charge in [0.2, 0.25) is 0 Å². The average molecular weight is 249 g/mol. The molecule has 1 aromatic rings. The van der Waals surface area contributed by atoms with E-state index in [1.807, 2.05) is 0 Å². The van der Waals surface area contributed by atoms with Crippen LogP contribution in [0.25, 0.3) is 0 Å². The van der Waals surface area contributed by atoms with Crippen LogP contribution in [0.2, 0.25) is 0 Å². The van der Waals surface area contributed by atoms with Crippen LogP contribution in [0.4, 0.5) is 17.6 Å². The molecule has 0 N–H and O–H groups in total. The third-order valence-corrected chi connectivity index (χ3v) is 1.80. The molecular formula is C8H6Cl2F4. The highest BCUT2D eigenvalue weighted by Crippen LogP contribution is 2.32. The van der Waals surface area contributed by atoms with Gasteiger partial charge >= 0.3 is 6.18 Å². The van der Waals surface area contributed by atoms with Gasteiger partial charge in [-0.1, -0.05) is 6.07 Å². The summed E-state index contributed by atoms with van der Waals surface area (Å²) in [6, 6.07) is 2.69. The Balaban J connectivity index is 0.00000169. The molecule has 0 atom stereocenters. The van der Waals surface area contributed by atoms with E-state index in [1.165, 1.54) is 6.07 Å². The van der Waals surface area contributed by atoms with Crippen molar-refractivity contribution in [2.75, 3.05) is 0 Å². The van der Waals surface area contributed by atoms with Crippen molar-refractivity contribution in [2.24, 2.45) is 0 Å². The van der Waals surface area contributed by atoms with E-state index in [2.05, 4.69) is 0 Å². The van der Waals surface area contributed by atoms with Crippen molar-refractivity contribution >= 4 is 24.0 Å². The first-order valence-electron chi connectivity index (χ1n) is 3.36. The molecule has 0 aliphatic heterocycles. The van der Waals surface area contributed by atoms with Gasteiger partial charge in [0.05, 0.1) is 5.56 Å². The van der Waals surface area contributed by atoms with E-state index in [-0.39, 0.29) is 23.9 Å². The molecular weight excluding hydrogens is 243 g/mol. The molecule has 0 unspecified atom stereocenters. The summed E-state index contributed by atoms with van der Waals surface area (Å²) in [5, 5.41) is 0. The molecule has 0 saturated carbocycles. The van der Waals surface area contributed by atoms with Gasteiger partial charge in [0.25, 0.3) is 0 Å². The van der Waals surface area contributed by atoms with Crippen LogP contribution in [0.1, 0.15) is 11.1 Å². The molecule has 0 bridgehead atoms. The maximum Gasteiger partial charge on any atom is 0.419 e. The molecule has 0 saturated heterocycles. The lowest BCUT2D eigenvalue weighted by Gasteiger charge is -2.08. The molecule has 1 aromatic carbocycles. The van der Waals surface area contributed by atoms with Crippen LogP contribution < -0.4 is 0 Å². The normalized spacial score (nSPS) is 10.9. The topological polar surface area (TPSA) is 0 Å². The van der Waals surface area contributed by atoms with Gasteiger partial charge in [0.15, 0.2) is 0 Å². The number of benzene rings is 1. The van der Waals surface area contributed by atoms with Gasteiger partial charge in [-0.15, -0.1) is 24.0 Å². The maximum absolute atomic E-state index is 12.6. The van der Waals surface area contributed by atoms with Crippen LogP contribution in [-0.2, 0) is 12.1 Å². The van der Waals surface area contributed by atoms with Crippen molar-refractivity contribution in [3.05, 3.63) is 35.1 Å². The summed E-state index contributed by atoms with van der Waals surface area (Å²) in [4.78, 5) is 0. The highest BCUT2D eigenvalue weighted by Gasteiger charge is 2.33. The first kappa shape index (κ1) is 13.5. The summed E-state index contributed by atoms with van der Waals surface area (Å²) in [6.45, 7) is 0. The van der Waals surface area contributed by atoms with E-state index in [1.54, 1.807) is 0 Å². The van der Waals surface area contributed by atoms with E-state index in [0.29, 0.717) is 6.07 Å². The molecule has 0 aliphatic rings. The Kier molecular flexibility index (Phi) is 4.68. The Morgan fingerprint density at radius 2 is 1.79 bits per heavy atom. The predicted octanol–water partition coefficient (Wildman–Crippen LogP) is 4.01. The Morgan fingerprint density at radius 3 is 2.21 bits per heavy atom. The van der Waals surface area contributed by atoms with E-state index >= 15 is 0 Å². The van der Waals surface area contributed by atoms with Gasteiger partial charge in [0, 0.05) is 5.88 Å². The van der Waals surface area contributed by atoms with Crippen LogP contribution in [0.5, 0.6) is 0 Å². The summed E-state index contributed by atoms with van der Waals surface area (Å²) in [7, 11) is 0. The number of rotatable bonds is 1. The number of alkyl halides is 4. The minimum Gasteiger partial charge on any atom is -0.206 e. The van der Waals surface area contributed by atoms with Gasteiger partial charge < -0.3 is 0 Å². The Hall–Kier alpha value is -0.480. The van der Waals surface area contributed by atoms with Crippen LogP contribution >= 0.6 is 24.0 Å². The standard InChI is InChI=1S/C8H5ClF4.ClH/c9-4-5-1-2-7(10)6(3-5)8(11,12)13;/h1-3H,4H2;1H. The molecule has 0 aliphatic carbocycles. The second-order valence-electron chi connectivity index (χ2n) is 2.45. The lowest BCUT2D eigenvalue weighted by Crippen LogP contribution is -2.08. The zero-order valence-electron chi connectivity index (χ0n) is 6.74. The van der Waals surface area contributed by atoms with Gasteiger partial charge in [-0.2, -0.15) is 13.2 Å². The zero-order chi connectivity index (χ0) is 10.1. The minimum atomic E-state index is -4.66.